The second-order valence-electron chi connectivity index (χ2n) is 7.26. The molecule has 0 aliphatic rings. The molecule has 10 nitrogen and oxygen atoms in total. The highest BCUT2D eigenvalue weighted by molar-refractivity contribution is 7.92. The average Bonchev–Trinajstić information content (AvgIpc) is 2.83. The first kappa shape index (κ1) is 25.7. The lowest BCUT2D eigenvalue weighted by Gasteiger charge is -2.24. The van der Waals surface area contributed by atoms with E-state index in [0.717, 1.165) is 9.87 Å². The molecule has 0 radical (unpaired) electrons. The highest BCUT2D eigenvalue weighted by atomic mass is 35.5. The number of para-hydroxylation sites is 1. The van der Waals surface area contributed by atoms with Crippen LogP contribution in [0, 0.1) is 17.0 Å². The number of ether oxygens (including phenoxy) is 1. The van der Waals surface area contributed by atoms with Crippen molar-refractivity contribution in [2.75, 3.05) is 18.0 Å². The van der Waals surface area contributed by atoms with Crippen LogP contribution in [-0.4, -0.2) is 39.1 Å². The Morgan fingerprint density at radius 3 is 2.49 bits per heavy atom. The summed E-state index contributed by atoms with van der Waals surface area (Å²) < 4.78 is 32.6. The van der Waals surface area contributed by atoms with Gasteiger partial charge in [0.15, 0.2) is 5.75 Å². The van der Waals surface area contributed by atoms with E-state index in [-0.39, 0.29) is 27.0 Å². The molecular weight excluding hydrogens is 496 g/mol. The number of hydrazone groups is 1. The molecule has 0 aliphatic carbocycles. The molecule has 1 N–H and O–H groups in total. The number of hydrogen-bond acceptors (Lipinski definition) is 7. The van der Waals surface area contributed by atoms with E-state index in [1.54, 1.807) is 24.3 Å². The highest BCUT2D eigenvalue weighted by Crippen LogP contribution is 2.30. The van der Waals surface area contributed by atoms with Crippen LogP contribution in [0.15, 0.2) is 76.7 Å². The van der Waals surface area contributed by atoms with Crippen LogP contribution < -0.4 is 14.5 Å². The summed E-state index contributed by atoms with van der Waals surface area (Å²) in [4.78, 5) is 23.2. The fourth-order valence-electron chi connectivity index (χ4n) is 3.07. The van der Waals surface area contributed by atoms with Crippen LogP contribution in [0.5, 0.6) is 5.75 Å². The van der Waals surface area contributed by atoms with Gasteiger partial charge in [0.25, 0.3) is 15.9 Å². The maximum atomic E-state index is 13.4. The van der Waals surface area contributed by atoms with Gasteiger partial charge in [0.2, 0.25) is 0 Å². The average molecular weight is 517 g/mol. The van der Waals surface area contributed by atoms with Crippen LogP contribution in [0.3, 0.4) is 0 Å². The maximum absolute atomic E-state index is 13.4. The molecule has 0 unspecified atom stereocenters. The fraction of sp³-hybridized carbons (Fsp3) is 0.130. The predicted octanol–water partition coefficient (Wildman–Crippen LogP) is 3.91. The first-order chi connectivity index (χ1) is 16.6. The number of aryl methyl sites for hydroxylation is 1. The molecule has 35 heavy (non-hydrogen) atoms. The van der Waals surface area contributed by atoms with Crippen molar-refractivity contribution in [1.29, 1.82) is 0 Å². The molecule has 3 rings (SSSR count). The number of nitro groups is 1. The molecule has 0 fully saturated rings. The molecule has 12 heteroatoms. The number of nitro benzene ring substituents is 1. The summed E-state index contributed by atoms with van der Waals surface area (Å²) in [5.41, 5.74) is 3.30. The van der Waals surface area contributed by atoms with Gasteiger partial charge in [-0.2, -0.15) is 5.10 Å². The summed E-state index contributed by atoms with van der Waals surface area (Å²) in [6.45, 7) is 1.21. The number of benzene rings is 3. The minimum Gasteiger partial charge on any atom is -0.490 e. The second kappa shape index (κ2) is 11.0. The van der Waals surface area contributed by atoms with Crippen LogP contribution in [0.1, 0.15) is 11.1 Å². The van der Waals surface area contributed by atoms with Crippen LogP contribution >= 0.6 is 11.6 Å². The molecule has 0 heterocycles. The van der Waals surface area contributed by atoms with Crippen LogP contribution in [-0.2, 0) is 14.8 Å². The predicted molar refractivity (Wildman–Crippen MR) is 133 cm³/mol. The first-order valence-electron chi connectivity index (χ1n) is 10.1. The number of sulfonamides is 1. The zero-order valence-electron chi connectivity index (χ0n) is 18.7. The zero-order valence-corrected chi connectivity index (χ0v) is 20.3. The fourth-order valence-corrected chi connectivity index (χ4v) is 4.79. The van der Waals surface area contributed by atoms with Gasteiger partial charge in [0.05, 0.1) is 33.9 Å². The Balaban J connectivity index is 1.84. The summed E-state index contributed by atoms with van der Waals surface area (Å²) in [6.07, 6.45) is 1.19. The molecule has 0 saturated heterocycles. The van der Waals surface area contributed by atoms with E-state index in [1.807, 2.05) is 6.92 Å². The van der Waals surface area contributed by atoms with Gasteiger partial charge in [-0.1, -0.05) is 41.4 Å². The van der Waals surface area contributed by atoms with E-state index >= 15 is 0 Å². The van der Waals surface area contributed by atoms with Gasteiger partial charge in [-0.15, -0.1) is 0 Å². The van der Waals surface area contributed by atoms with Crippen molar-refractivity contribution < 1.29 is 22.9 Å². The van der Waals surface area contributed by atoms with Crippen LogP contribution in [0.4, 0.5) is 11.4 Å². The van der Waals surface area contributed by atoms with Crippen molar-refractivity contribution >= 4 is 45.1 Å². The smallest absolute Gasteiger partial charge is 0.311 e. The number of carbonyl (C=O) groups is 1. The highest BCUT2D eigenvalue weighted by Gasteiger charge is 2.28. The number of nitrogens with zero attached hydrogens (tertiary/aromatic N) is 3. The number of anilines is 1. The van der Waals surface area contributed by atoms with E-state index in [1.165, 1.54) is 55.8 Å². The summed E-state index contributed by atoms with van der Waals surface area (Å²) in [5.74, 6) is -0.673. The van der Waals surface area contributed by atoms with Crippen molar-refractivity contribution in [3.8, 4) is 5.75 Å². The SMILES string of the molecule is COc1ccc(/C=N\NC(=O)CN(c2ccccc2Cl)S(=O)(=O)c2ccc(C)cc2)cc1[N+](=O)[O-]. The monoisotopic (exact) mass is 516 g/mol. The molecule has 182 valence electrons. The van der Waals surface area contributed by atoms with E-state index in [4.69, 9.17) is 16.3 Å². The quantitative estimate of drug-likeness (QED) is 0.260. The third-order valence-corrected chi connectivity index (χ3v) is 6.91. The normalized spacial score (nSPS) is 11.3. The summed E-state index contributed by atoms with van der Waals surface area (Å²) in [6, 6.07) is 16.6. The lowest BCUT2D eigenvalue weighted by atomic mass is 10.2. The lowest BCUT2D eigenvalue weighted by Crippen LogP contribution is -2.39. The van der Waals surface area contributed by atoms with Gasteiger partial charge < -0.3 is 4.74 Å². The molecule has 0 saturated carbocycles. The molecule has 0 aliphatic heterocycles. The van der Waals surface area contributed by atoms with Crippen LogP contribution in [0.2, 0.25) is 5.02 Å². The Hall–Kier alpha value is -3.96. The molecule has 0 aromatic heterocycles. The van der Waals surface area contributed by atoms with E-state index in [9.17, 15) is 23.3 Å². The standard InChI is InChI=1S/C23H21ClN4O6S/c1-16-7-10-18(11-8-16)35(32,33)27(20-6-4-3-5-19(20)24)15-23(29)26-25-14-17-9-12-22(34-2)21(13-17)28(30)31/h3-14H,15H2,1-2H3,(H,26,29)/b25-14-. The number of carbonyl (C=O) groups excluding carboxylic acids is 1. The third-order valence-electron chi connectivity index (χ3n) is 4.82. The topological polar surface area (TPSA) is 131 Å². The van der Waals surface area contributed by atoms with Gasteiger partial charge in [0, 0.05) is 11.6 Å². The van der Waals surface area contributed by atoms with Gasteiger partial charge in [0.1, 0.15) is 6.54 Å². The van der Waals surface area contributed by atoms with Crippen LogP contribution in [0.25, 0.3) is 0 Å². The molecular formula is C23H21ClN4O6S. The Morgan fingerprint density at radius 2 is 1.86 bits per heavy atom. The number of hydrogen-bond donors (Lipinski definition) is 1. The van der Waals surface area contributed by atoms with Crippen molar-refractivity contribution in [2.45, 2.75) is 11.8 Å². The van der Waals surface area contributed by atoms with Gasteiger partial charge in [-0.3, -0.25) is 19.2 Å². The van der Waals surface area contributed by atoms with Crippen molar-refractivity contribution in [2.24, 2.45) is 5.10 Å². The van der Waals surface area contributed by atoms with Crippen molar-refractivity contribution in [1.82, 2.24) is 5.43 Å². The van der Waals surface area contributed by atoms with E-state index in [2.05, 4.69) is 10.5 Å². The summed E-state index contributed by atoms with van der Waals surface area (Å²) in [5, 5.41) is 15.1. The Kier molecular flexibility index (Phi) is 8.05. The van der Waals surface area contributed by atoms with Gasteiger partial charge >= 0.3 is 5.69 Å². The molecule has 3 aromatic carbocycles. The summed E-state index contributed by atoms with van der Waals surface area (Å²) in [7, 11) is -2.83. The maximum Gasteiger partial charge on any atom is 0.311 e. The van der Waals surface area contributed by atoms with E-state index < -0.39 is 27.4 Å². The largest absolute Gasteiger partial charge is 0.490 e. The molecule has 0 bridgehead atoms. The number of methoxy groups -OCH3 is 1. The van der Waals surface area contributed by atoms with Crippen molar-refractivity contribution in [3.05, 3.63) is 93.0 Å². The Bertz CT molecular complexity index is 1380. The molecule has 0 atom stereocenters. The van der Waals surface area contributed by atoms with E-state index in [0.29, 0.717) is 5.56 Å². The van der Waals surface area contributed by atoms with Gasteiger partial charge in [-0.05, 0) is 43.3 Å². The first-order valence-corrected chi connectivity index (χ1v) is 11.9. The number of rotatable bonds is 9. The number of halogens is 1. The third kappa shape index (κ3) is 6.14. The Labute approximate surface area is 207 Å². The molecule has 0 spiro atoms. The zero-order chi connectivity index (χ0) is 25.6. The second-order valence-corrected chi connectivity index (χ2v) is 9.53. The lowest BCUT2D eigenvalue weighted by molar-refractivity contribution is -0.385. The molecule has 3 aromatic rings. The number of amides is 1. The number of nitrogens with one attached hydrogen (secondary N) is 1. The molecule has 1 amide bonds. The minimum absolute atomic E-state index is 0.00939. The van der Waals surface area contributed by atoms with Gasteiger partial charge in [-0.25, -0.2) is 13.8 Å². The van der Waals surface area contributed by atoms with Crippen molar-refractivity contribution in [3.63, 3.8) is 0 Å². The summed E-state index contributed by atoms with van der Waals surface area (Å²) >= 11 is 6.24. The minimum atomic E-state index is -4.14. The Morgan fingerprint density at radius 1 is 1.17 bits per heavy atom.